The summed E-state index contributed by atoms with van der Waals surface area (Å²) in [7, 11) is -2.61. The van der Waals surface area contributed by atoms with Crippen molar-refractivity contribution >= 4 is 21.4 Å². The number of hydrogen-bond acceptors (Lipinski definition) is 4. The molecule has 0 aliphatic carbocycles. The molecule has 0 heterocycles. The minimum Gasteiger partial charge on any atom is -0.267 e. The summed E-state index contributed by atoms with van der Waals surface area (Å²) in [5.41, 5.74) is -0.285. The molecule has 0 saturated heterocycles. The number of hydrogen-bond donors (Lipinski definition) is 0. The highest BCUT2D eigenvalue weighted by Gasteiger charge is 2.25. The van der Waals surface area contributed by atoms with Gasteiger partial charge in [-0.1, -0.05) is 30.3 Å². The Kier molecular flexibility index (Phi) is 4.14. The molecule has 6 nitrogen and oxygen atoms in total. The van der Waals surface area contributed by atoms with E-state index in [1.54, 1.807) is 30.3 Å². The van der Waals surface area contributed by atoms with E-state index in [0.29, 0.717) is 9.87 Å². The van der Waals surface area contributed by atoms with Crippen LogP contribution in [0.1, 0.15) is 0 Å². The molecule has 22 heavy (non-hydrogen) atoms. The van der Waals surface area contributed by atoms with Gasteiger partial charge in [-0.3, -0.25) is 14.4 Å². The molecule has 116 valence electrons. The lowest BCUT2D eigenvalue weighted by Gasteiger charge is -2.17. The monoisotopic (exact) mass is 324 g/mol. The van der Waals surface area contributed by atoms with Crippen LogP contribution in [-0.4, -0.2) is 26.6 Å². The molecule has 0 aliphatic heterocycles. The predicted octanol–water partition coefficient (Wildman–Crippen LogP) is 2.80. The highest BCUT2D eigenvalue weighted by molar-refractivity contribution is 7.92. The van der Waals surface area contributed by atoms with Crippen LogP contribution >= 0.6 is 0 Å². The van der Waals surface area contributed by atoms with Crippen LogP contribution in [0, 0.1) is 15.9 Å². The van der Waals surface area contributed by atoms with E-state index in [-0.39, 0.29) is 11.3 Å². The Balaban J connectivity index is 2.69. The normalized spacial score (nSPS) is 11.2. The lowest BCUT2D eigenvalue weighted by molar-refractivity contribution is -0.384. The molecule has 0 N–H and O–H groups in total. The van der Waals surface area contributed by atoms with Crippen LogP contribution in [0.15, 0.2) is 42.5 Å². The predicted molar refractivity (Wildman–Crippen MR) is 81.7 cm³/mol. The Labute approximate surface area is 127 Å². The van der Waals surface area contributed by atoms with Crippen LogP contribution in [0.5, 0.6) is 0 Å². The van der Waals surface area contributed by atoms with E-state index in [0.717, 1.165) is 25.4 Å². The molecule has 2 aromatic carbocycles. The Morgan fingerprint density at radius 2 is 1.77 bits per heavy atom. The first-order valence-electron chi connectivity index (χ1n) is 6.19. The van der Waals surface area contributed by atoms with Crippen molar-refractivity contribution in [1.29, 1.82) is 0 Å². The number of nitrogens with zero attached hydrogens (tertiary/aromatic N) is 2. The van der Waals surface area contributed by atoms with Crippen LogP contribution in [0.2, 0.25) is 0 Å². The lowest BCUT2D eigenvalue weighted by Crippen LogP contribution is -2.25. The first kappa shape index (κ1) is 15.9. The van der Waals surface area contributed by atoms with Gasteiger partial charge in [0.15, 0.2) is 0 Å². The smallest absolute Gasteiger partial charge is 0.267 e. The van der Waals surface area contributed by atoms with Crippen molar-refractivity contribution in [3.8, 4) is 11.1 Å². The fraction of sp³-hybridized carbons (Fsp3) is 0.143. The van der Waals surface area contributed by atoms with E-state index < -0.39 is 26.5 Å². The number of rotatable bonds is 4. The summed E-state index contributed by atoms with van der Waals surface area (Å²) >= 11 is 0. The largest absolute Gasteiger partial charge is 0.294 e. The van der Waals surface area contributed by atoms with Crippen molar-refractivity contribution in [3.63, 3.8) is 0 Å². The third kappa shape index (κ3) is 3.06. The number of anilines is 1. The van der Waals surface area contributed by atoms with Crippen LogP contribution in [-0.2, 0) is 10.0 Å². The Morgan fingerprint density at radius 3 is 2.27 bits per heavy atom. The molecular formula is C14H13FN2O4S. The summed E-state index contributed by atoms with van der Waals surface area (Å²) in [6.45, 7) is 0. The van der Waals surface area contributed by atoms with Gasteiger partial charge in [0.1, 0.15) is 11.5 Å². The first-order valence-corrected chi connectivity index (χ1v) is 8.04. The minimum absolute atomic E-state index is 0.0398. The molecule has 0 unspecified atom stereocenters. The van der Waals surface area contributed by atoms with E-state index in [1.807, 2.05) is 0 Å². The molecule has 0 spiro atoms. The van der Waals surface area contributed by atoms with Crippen LogP contribution in [0.4, 0.5) is 15.8 Å². The van der Waals surface area contributed by atoms with E-state index in [2.05, 4.69) is 0 Å². The molecule has 0 aromatic heterocycles. The second-order valence-corrected chi connectivity index (χ2v) is 6.69. The Hall–Kier alpha value is -2.48. The van der Waals surface area contributed by atoms with E-state index in [4.69, 9.17) is 0 Å². The van der Waals surface area contributed by atoms with Crippen molar-refractivity contribution < 1.29 is 17.7 Å². The van der Waals surface area contributed by atoms with Crippen molar-refractivity contribution in [3.05, 3.63) is 58.4 Å². The highest BCUT2D eigenvalue weighted by Crippen LogP contribution is 2.35. The highest BCUT2D eigenvalue weighted by atomic mass is 32.2. The number of benzene rings is 2. The molecular weight excluding hydrogens is 311 g/mol. The number of halogens is 1. The maximum Gasteiger partial charge on any atom is 0.294 e. The van der Waals surface area contributed by atoms with Gasteiger partial charge in [-0.05, 0) is 5.56 Å². The molecule has 0 radical (unpaired) electrons. The van der Waals surface area contributed by atoms with Crippen LogP contribution in [0.3, 0.4) is 0 Å². The van der Waals surface area contributed by atoms with Gasteiger partial charge in [-0.25, -0.2) is 12.8 Å². The summed E-state index contributed by atoms with van der Waals surface area (Å²) in [4.78, 5) is 10.5. The summed E-state index contributed by atoms with van der Waals surface area (Å²) in [6, 6.07) is 10.2. The van der Waals surface area contributed by atoms with Gasteiger partial charge >= 0.3 is 0 Å². The number of nitro groups is 1. The molecule has 0 bridgehead atoms. The minimum atomic E-state index is -3.74. The zero-order valence-corrected chi connectivity index (χ0v) is 12.7. The van der Waals surface area contributed by atoms with Gasteiger partial charge < -0.3 is 0 Å². The third-order valence-corrected chi connectivity index (χ3v) is 4.37. The zero-order valence-electron chi connectivity index (χ0n) is 11.9. The summed E-state index contributed by atoms with van der Waals surface area (Å²) in [5, 5.41) is 11.2. The van der Waals surface area contributed by atoms with E-state index in [1.165, 1.54) is 0 Å². The molecule has 0 aliphatic rings. The van der Waals surface area contributed by atoms with Gasteiger partial charge in [-0.2, -0.15) is 0 Å². The zero-order chi connectivity index (χ0) is 16.5. The quantitative estimate of drug-likeness (QED) is 0.640. The van der Waals surface area contributed by atoms with Crippen LogP contribution < -0.4 is 4.31 Å². The van der Waals surface area contributed by atoms with Crippen molar-refractivity contribution in [2.24, 2.45) is 0 Å². The SMILES string of the molecule is CN(c1cc(F)c(-c2ccccc2)cc1[N+](=O)[O-])S(C)(=O)=O. The van der Waals surface area contributed by atoms with E-state index >= 15 is 0 Å². The third-order valence-electron chi connectivity index (χ3n) is 3.18. The molecule has 0 fully saturated rings. The average molecular weight is 324 g/mol. The van der Waals surface area contributed by atoms with Gasteiger partial charge in [0, 0.05) is 24.7 Å². The fourth-order valence-electron chi connectivity index (χ4n) is 1.97. The molecule has 0 saturated carbocycles. The molecule has 2 aromatic rings. The van der Waals surface area contributed by atoms with E-state index in [9.17, 15) is 22.9 Å². The van der Waals surface area contributed by atoms with Crippen molar-refractivity contribution in [2.75, 3.05) is 17.6 Å². The molecule has 8 heteroatoms. The standard InChI is InChI=1S/C14H13FN2O4S/c1-16(22(2,20)21)13-9-12(15)11(8-14(13)17(18)19)10-6-4-3-5-7-10/h3-9H,1-2H3. The average Bonchev–Trinajstić information content (AvgIpc) is 2.45. The maximum absolute atomic E-state index is 14.3. The first-order chi connectivity index (χ1) is 10.2. The Bertz CT molecular complexity index is 822. The summed E-state index contributed by atoms with van der Waals surface area (Å²) < 4.78 is 38.1. The van der Waals surface area contributed by atoms with Gasteiger partial charge in [-0.15, -0.1) is 0 Å². The Morgan fingerprint density at radius 1 is 1.18 bits per heavy atom. The van der Waals surface area contributed by atoms with Gasteiger partial charge in [0.25, 0.3) is 5.69 Å². The van der Waals surface area contributed by atoms with Gasteiger partial charge in [0.2, 0.25) is 10.0 Å². The van der Waals surface area contributed by atoms with Crippen molar-refractivity contribution in [1.82, 2.24) is 0 Å². The molecule has 0 atom stereocenters. The molecule has 2 rings (SSSR count). The van der Waals surface area contributed by atoms with Crippen LogP contribution in [0.25, 0.3) is 11.1 Å². The van der Waals surface area contributed by atoms with Gasteiger partial charge in [0.05, 0.1) is 11.2 Å². The number of sulfonamides is 1. The second kappa shape index (κ2) is 5.72. The molecule has 0 amide bonds. The number of nitro benzene ring substituents is 1. The summed E-state index contributed by atoms with van der Waals surface area (Å²) in [6.07, 6.45) is 0.889. The second-order valence-electron chi connectivity index (χ2n) is 4.67. The topological polar surface area (TPSA) is 80.5 Å². The summed E-state index contributed by atoms with van der Waals surface area (Å²) in [5.74, 6) is -0.734. The fourth-order valence-corrected chi connectivity index (χ4v) is 2.47. The lowest BCUT2D eigenvalue weighted by atomic mass is 10.0. The van der Waals surface area contributed by atoms with Crippen molar-refractivity contribution in [2.45, 2.75) is 0 Å². The maximum atomic E-state index is 14.3.